The molecule has 0 saturated heterocycles. The van der Waals surface area contributed by atoms with E-state index in [1.807, 2.05) is 6.08 Å². The van der Waals surface area contributed by atoms with Crippen molar-refractivity contribution in [2.24, 2.45) is 11.8 Å². The first-order valence-corrected chi connectivity index (χ1v) is 6.77. The van der Waals surface area contributed by atoms with Crippen LogP contribution in [0.2, 0.25) is 0 Å². The second-order valence-corrected chi connectivity index (χ2v) is 5.81. The zero-order chi connectivity index (χ0) is 15.6. The summed E-state index contributed by atoms with van der Waals surface area (Å²) in [7, 11) is 0. The summed E-state index contributed by atoms with van der Waals surface area (Å²) < 4.78 is 4.50. The second kappa shape index (κ2) is 3.90. The Morgan fingerprint density at radius 1 is 1.32 bits per heavy atom. The number of aromatic nitrogens is 2. The van der Waals surface area contributed by atoms with Gasteiger partial charge < -0.3 is 5.21 Å². The molecule has 0 aliphatic heterocycles. The summed E-state index contributed by atoms with van der Waals surface area (Å²) in [5.41, 5.74) is -2.54. The van der Waals surface area contributed by atoms with Crippen LogP contribution in [-0.4, -0.2) is 20.5 Å². The molecule has 1 saturated carbocycles. The molecule has 0 amide bonds. The van der Waals surface area contributed by atoms with Crippen LogP contribution in [0.5, 0.6) is 0 Å². The van der Waals surface area contributed by atoms with Crippen molar-refractivity contribution in [2.45, 2.75) is 24.3 Å². The van der Waals surface area contributed by atoms with Crippen molar-refractivity contribution in [3.63, 3.8) is 0 Å². The highest BCUT2D eigenvalue weighted by Gasteiger charge is 2.68. The molecular formula is C12H10N4O6. The fourth-order valence-electron chi connectivity index (χ4n) is 4.12. The van der Waals surface area contributed by atoms with Gasteiger partial charge in [-0.2, -0.15) is 0 Å². The maximum Gasteiger partial charge on any atom is 0.329 e. The maximum absolute atomic E-state index is 11.9. The van der Waals surface area contributed by atoms with E-state index in [2.05, 4.69) is 9.79 Å². The molecule has 0 spiro atoms. The molecule has 0 N–H and O–H groups in total. The van der Waals surface area contributed by atoms with Crippen LogP contribution in [0.15, 0.2) is 22.9 Å². The van der Waals surface area contributed by atoms with Crippen LogP contribution in [-0.2, 0) is 0 Å². The van der Waals surface area contributed by atoms with Crippen LogP contribution in [0.25, 0.3) is 5.70 Å². The number of hydrogen-bond acceptors (Lipinski definition) is 7. The molecule has 5 rings (SSSR count). The molecule has 0 radical (unpaired) electrons. The minimum atomic E-state index is -1.69. The number of nitro groups is 2. The van der Waals surface area contributed by atoms with Gasteiger partial charge in [0.15, 0.2) is 0 Å². The smallest absolute Gasteiger partial charge is 0.329 e. The Bertz CT molecular complexity index is 768. The van der Waals surface area contributed by atoms with Crippen molar-refractivity contribution in [3.8, 4) is 0 Å². The first kappa shape index (κ1) is 12.9. The average Bonchev–Trinajstić information content (AvgIpc) is 2.89. The van der Waals surface area contributed by atoms with Crippen molar-refractivity contribution >= 4 is 5.70 Å². The largest absolute Gasteiger partial charge is 0.359 e. The van der Waals surface area contributed by atoms with E-state index >= 15 is 0 Å². The summed E-state index contributed by atoms with van der Waals surface area (Å²) in [4.78, 5) is 21.9. The molecule has 10 heteroatoms. The van der Waals surface area contributed by atoms with E-state index in [1.165, 1.54) is 0 Å². The van der Waals surface area contributed by atoms with Crippen LogP contribution < -0.4 is 4.90 Å². The molecule has 0 unspecified atom stereocenters. The van der Waals surface area contributed by atoms with Gasteiger partial charge in [-0.1, -0.05) is 12.2 Å². The van der Waals surface area contributed by atoms with Crippen LogP contribution in [0, 0.1) is 37.3 Å². The average molecular weight is 306 g/mol. The Morgan fingerprint density at radius 3 is 2.68 bits per heavy atom. The van der Waals surface area contributed by atoms with E-state index < -0.39 is 32.9 Å². The third-order valence-electron chi connectivity index (χ3n) is 4.99. The molecule has 10 nitrogen and oxygen atoms in total. The van der Waals surface area contributed by atoms with Gasteiger partial charge in [0, 0.05) is 4.92 Å². The lowest BCUT2D eigenvalue weighted by molar-refractivity contribution is -0.810. The lowest BCUT2D eigenvalue weighted by Crippen LogP contribution is -2.59. The highest BCUT2D eigenvalue weighted by atomic mass is 16.8. The van der Waals surface area contributed by atoms with Gasteiger partial charge >= 0.3 is 11.4 Å². The molecular weight excluding hydrogens is 296 g/mol. The molecule has 1 heterocycles. The Hall–Kier alpha value is -2.78. The molecule has 1 fully saturated rings. The van der Waals surface area contributed by atoms with Crippen LogP contribution in [0.4, 0.5) is 0 Å². The van der Waals surface area contributed by atoms with Crippen LogP contribution >= 0.6 is 0 Å². The van der Waals surface area contributed by atoms with Crippen LogP contribution in [0.1, 0.15) is 30.1 Å². The highest BCUT2D eigenvalue weighted by molar-refractivity contribution is 5.63. The van der Waals surface area contributed by atoms with E-state index in [1.54, 1.807) is 6.08 Å². The van der Waals surface area contributed by atoms with Gasteiger partial charge in [-0.25, -0.2) is 0 Å². The quantitative estimate of drug-likeness (QED) is 0.338. The lowest BCUT2D eigenvalue weighted by atomic mass is 9.55. The van der Waals surface area contributed by atoms with Crippen molar-refractivity contribution < 1.29 is 19.4 Å². The van der Waals surface area contributed by atoms with Crippen LogP contribution in [0.3, 0.4) is 0 Å². The molecule has 22 heavy (non-hydrogen) atoms. The molecule has 114 valence electrons. The van der Waals surface area contributed by atoms with Gasteiger partial charge in [0.1, 0.15) is 5.92 Å². The molecule has 4 aliphatic carbocycles. The van der Waals surface area contributed by atoms with Crippen molar-refractivity contribution in [1.29, 1.82) is 0 Å². The SMILES string of the molecule is O=[N+]([O-])C1=C[C@]2([N+](=O)[O-])[C@H]3C=C[C@H](CC3)[C@@H]2c2c1no[n+]2[O-]. The van der Waals surface area contributed by atoms with Crippen molar-refractivity contribution in [3.05, 3.63) is 55.1 Å². The molecule has 0 aromatic carbocycles. The monoisotopic (exact) mass is 306 g/mol. The number of fused-ring (bicyclic) bond motifs is 2. The van der Waals surface area contributed by atoms with Crippen molar-refractivity contribution in [2.75, 3.05) is 0 Å². The van der Waals surface area contributed by atoms with E-state index in [0.29, 0.717) is 12.8 Å². The summed E-state index contributed by atoms with van der Waals surface area (Å²) >= 11 is 0. The van der Waals surface area contributed by atoms with Gasteiger partial charge in [-0.15, -0.1) is 0 Å². The van der Waals surface area contributed by atoms with E-state index in [9.17, 15) is 25.4 Å². The first-order chi connectivity index (χ1) is 10.5. The normalized spacial score (nSPS) is 34.7. The predicted molar refractivity (Wildman–Crippen MR) is 68.3 cm³/mol. The standard InChI is InChI=1S/C12H10N4O6/c17-14(18)8-5-12(16(20)21)7-3-1-6(2-4-7)9(12)11-10(8)13-22-15(11)19/h1,3,5-7,9H,2,4H2/t6-,7+,9-,12+/m1/s1. The summed E-state index contributed by atoms with van der Waals surface area (Å²) in [6.45, 7) is 0. The fourth-order valence-corrected chi connectivity index (χ4v) is 4.12. The predicted octanol–water partition coefficient (Wildman–Crippen LogP) is 0.634. The molecule has 4 atom stereocenters. The Labute approximate surface area is 122 Å². The van der Waals surface area contributed by atoms with Gasteiger partial charge in [-0.3, -0.25) is 24.9 Å². The number of allylic oxidation sites excluding steroid dienone is 1. The van der Waals surface area contributed by atoms with Gasteiger partial charge in [0.25, 0.3) is 5.54 Å². The Kier molecular flexibility index (Phi) is 2.29. The second-order valence-electron chi connectivity index (χ2n) is 5.81. The third-order valence-corrected chi connectivity index (χ3v) is 4.99. The minimum Gasteiger partial charge on any atom is -0.359 e. The molecule has 4 aliphatic rings. The Balaban J connectivity index is 2.07. The molecule has 1 aromatic rings. The molecule has 1 aromatic heterocycles. The summed E-state index contributed by atoms with van der Waals surface area (Å²) in [6, 6.07) is 0. The fraction of sp³-hybridized carbons (Fsp3) is 0.500. The van der Waals surface area contributed by atoms with Gasteiger partial charge in [-0.05, 0) is 23.7 Å². The highest BCUT2D eigenvalue weighted by Crippen LogP contribution is 2.57. The summed E-state index contributed by atoms with van der Waals surface area (Å²) in [5, 5.41) is 38.5. The third kappa shape index (κ3) is 1.29. The zero-order valence-electron chi connectivity index (χ0n) is 11.1. The van der Waals surface area contributed by atoms with E-state index in [0.717, 1.165) is 6.08 Å². The van der Waals surface area contributed by atoms with E-state index in [4.69, 9.17) is 0 Å². The zero-order valence-corrected chi connectivity index (χ0v) is 11.1. The minimum absolute atomic E-state index is 0.0727. The number of rotatable bonds is 2. The first-order valence-electron chi connectivity index (χ1n) is 6.77. The summed E-state index contributed by atoms with van der Waals surface area (Å²) in [5.74, 6) is -1.53. The van der Waals surface area contributed by atoms with E-state index in [-0.39, 0.29) is 22.2 Å². The number of hydrogen-bond donors (Lipinski definition) is 0. The Morgan fingerprint density at radius 2 is 2.09 bits per heavy atom. The van der Waals surface area contributed by atoms with Crippen molar-refractivity contribution in [1.82, 2.24) is 5.16 Å². The summed E-state index contributed by atoms with van der Waals surface area (Å²) in [6.07, 6.45) is 5.88. The lowest BCUT2D eigenvalue weighted by Gasteiger charge is -2.45. The number of nitrogens with zero attached hydrogens (tertiary/aromatic N) is 4. The molecule has 2 bridgehead atoms. The maximum atomic E-state index is 11.9. The topological polar surface area (TPSA) is 139 Å². The van der Waals surface area contributed by atoms with Gasteiger partial charge in [0.05, 0.1) is 22.1 Å². The van der Waals surface area contributed by atoms with Gasteiger partial charge in [0.2, 0.25) is 5.69 Å².